The summed E-state index contributed by atoms with van der Waals surface area (Å²) in [6.45, 7) is 2.12. The number of carbonyl (C=O) groups is 1. The van der Waals surface area contributed by atoms with Crippen molar-refractivity contribution in [2.24, 2.45) is 11.8 Å². The first-order valence-corrected chi connectivity index (χ1v) is 6.58. The molecular formula is C13H15ClN4O. The molecule has 1 amide bonds. The number of imidazole rings is 1. The van der Waals surface area contributed by atoms with Crippen molar-refractivity contribution in [1.29, 1.82) is 0 Å². The zero-order chi connectivity index (χ0) is 13.6. The Balaban J connectivity index is 2.13. The van der Waals surface area contributed by atoms with Gasteiger partial charge in [0.15, 0.2) is 5.65 Å². The fourth-order valence-corrected chi connectivity index (χ4v) is 3.34. The largest absolute Gasteiger partial charge is 0.306 e. The zero-order valence-corrected chi connectivity index (χ0v) is 11.3. The second kappa shape index (κ2) is 4.21. The van der Waals surface area contributed by atoms with Crippen molar-refractivity contribution in [1.82, 2.24) is 14.8 Å². The fourth-order valence-electron chi connectivity index (χ4n) is 3.07. The van der Waals surface area contributed by atoms with Crippen molar-refractivity contribution >= 4 is 23.2 Å². The molecule has 1 aliphatic rings. The quantitative estimate of drug-likeness (QED) is 0.498. The smallest absolute Gasteiger partial charge is 0.244 e. The Kier molecular flexibility index (Phi) is 2.76. The number of hydrazine groups is 1. The van der Waals surface area contributed by atoms with Gasteiger partial charge < -0.3 is 4.40 Å². The summed E-state index contributed by atoms with van der Waals surface area (Å²) in [5.41, 5.74) is 3.31. The molecule has 2 aromatic heterocycles. The summed E-state index contributed by atoms with van der Waals surface area (Å²) in [6.07, 6.45) is 6.99. The van der Waals surface area contributed by atoms with Crippen LogP contribution in [0, 0.1) is 5.92 Å². The second-order valence-electron chi connectivity index (χ2n) is 5.30. The number of rotatable bonds is 2. The van der Waals surface area contributed by atoms with Crippen LogP contribution >= 0.6 is 11.6 Å². The van der Waals surface area contributed by atoms with Crippen LogP contribution in [0.2, 0.25) is 5.02 Å². The van der Waals surface area contributed by atoms with E-state index in [1.54, 1.807) is 6.20 Å². The molecule has 6 heteroatoms. The first kappa shape index (κ1) is 12.4. The highest BCUT2D eigenvalue weighted by molar-refractivity contribution is 6.33. The summed E-state index contributed by atoms with van der Waals surface area (Å²) in [5.74, 6) is 5.69. The molecule has 3 N–H and O–H groups in total. The molecule has 0 atom stereocenters. The molecule has 0 spiro atoms. The van der Waals surface area contributed by atoms with Crippen molar-refractivity contribution < 1.29 is 4.79 Å². The molecule has 0 radical (unpaired) electrons. The molecule has 0 unspecified atom stereocenters. The van der Waals surface area contributed by atoms with Crippen molar-refractivity contribution in [2.75, 3.05) is 0 Å². The zero-order valence-electron chi connectivity index (χ0n) is 10.6. The standard InChI is InChI=1S/C13H15ClN4O/c1-8-5-13(6-8,12(19)17-15)9-4-10(14)11-16-2-3-18(11)7-9/h2-4,7-8H,5-6,15H2,1H3,(H,17,19). The van der Waals surface area contributed by atoms with Gasteiger partial charge in [-0.1, -0.05) is 18.5 Å². The van der Waals surface area contributed by atoms with E-state index in [2.05, 4.69) is 17.3 Å². The summed E-state index contributed by atoms with van der Waals surface area (Å²) in [5, 5.41) is 0.547. The average Bonchev–Trinajstić information content (AvgIpc) is 2.82. The molecule has 0 bridgehead atoms. The van der Waals surface area contributed by atoms with Gasteiger partial charge in [0.1, 0.15) is 0 Å². The van der Waals surface area contributed by atoms with Crippen molar-refractivity contribution in [3.63, 3.8) is 0 Å². The lowest BCUT2D eigenvalue weighted by Crippen LogP contribution is -2.54. The number of fused-ring (bicyclic) bond motifs is 1. The SMILES string of the molecule is CC1CC(C(=O)NN)(c2cc(Cl)c3nccn3c2)C1. The highest BCUT2D eigenvalue weighted by Crippen LogP contribution is 2.48. The molecule has 3 rings (SSSR count). The molecule has 2 aromatic rings. The second-order valence-corrected chi connectivity index (χ2v) is 5.71. The predicted octanol–water partition coefficient (Wildman–Crippen LogP) is 1.65. The summed E-state index contributed by atoms with van der Waals surface area (Å²) >= 11 is 6.23. The Hall–Kier alpha value is -1.59. The number of nitrogens with zero attached hydrogens (tertiary/aromatic N) is 2. The van der Waals surface area contributed by atoms with Crippen LogP contribution in [-0.2, 0) is 10.2 Å². The Labute approximate surface area is 115 Å². The lowest BCUT2D eigenvalue weighted by Gasteiger charge is -2.45. The van der Waals surface area contributed by atoms with Crippen molar-refractivity contribution in [2.45, 2.75) is 25.2 Å². The van der Waals surface area contributed by atoms with Gasteiger partial charge in [-0.15, -0.1) is 0 Å². The summed E-state index contributed by atoms with van der Waals surface area (Å²) < 4.78 is 1.84. The Morgan fingerprint density at radius 2 is 2.37 bits per heavy atom. The maximum absolute atomic E-state index is 12.1. The molecule has 5 nitrogen and oxygen atoms in total. The Morgan fingerprint density at radius 1 is 1.63 bits per heavy atom. The Morgan fingerprint density at radius 3 is 3.00 bits per heavy atom. The van der Waals surface area contributed by atoms with E-state index in [4.69, 9.17) is 17.4 Å². The number of amides is 1. The van der Waals surface area contributed by atoms with E-state index < -0.39 is 5.41 Å². The number of hydrogen-bond acceptors (Lipinski definition) is 3. The number of aromatic nitrogens is 2. The van der Waals surface area contributed by atoms with E-state index in [-0.39, 0.29) is 5.91 Å². The predicted molar refractivity (Wildman–Crippen MR) is 72.6 cm³/mol. The van der Waals surface area contributed by atoms with Crippen LogP contribution in [0.3, 0.4) is 0 Å². The van der Waals surface area contributed by atoms with E-state index in [9.17, 15) is 4.79 Å². The van der Waals surface area contributed by atoms with Gasteiger partial charge in [-0.3, -0.25) is 10.2 Å². The van der Waals surface area contributed by atoms with Crippen LogP contribution in [0.4, 0.5) is 0 Å². The number of pyridine rings is 1. The monoisotopic (exact) mass is 278 g/mol. The van der Waals surface area contributed by atoms with E-state index in [0.29, 0.717) is 16.6 Å². The van der Waals surface area contributed by atoms with Gasteiger partial charge in [0.25, 0.3) is 0 Å². The maximum Gasteiger partial charge on any atom is 0.244 e. The van der Waals surface area contributed by atoms with Gasteiger partial charge in [-0.2, -0.15) is 0 Å². The minimum atomic E-state index is -0.559. The van der Waals surface area contributed by atoms with Crippen LogP contribution in [0.5, 0.6) is 0 Å². The van der Waals surface area contributed by atoms with Gasteiger partial charge in [-0.25, -0.2) is 10.8 Å². The van der Waals surface area contributed by atoms with Gasteiger partial charge in [-0.05, 0) is 30.4 Å². The van der Waals surface area contributed by atoms with Gasteiger partial charge in [0, 0.05) is 18.6 Å². The first-order chi connectivity index (χ1) is 9.06. The van der Waals surface area contributed by atoms with Gasteiger partial charge in [0.2, 0.25) is 5.91 Å². The molecular weight excluding hydrogens is 264 g/mol. The van der Waals surface area contributed by atoms with E-state index in [0.717, 1.165) is 18.4 Å². The lowest BCUT2D eigenvalue weighted by molar-refractivity contribution is -0.131. The van der Waals surface area contributed by atoms with E-state index >= 15 is 0 Å². The minimum absolute atomic E-state index is 0.152. The molecule has 100 valence electrons. The third kappa shape index (κ3) is 1.73. The molecule has 0 saturated heterocycles. The third-order valence-electron chi connectivity index (χ3n) is 3.95. The van der Waals surface area contributed by atoms with Crippen LogP contribution in [-0.4, -0.2) is 15.3 Å². The molecule has 0 aliphatic heterocycles. The number of carbonyl (C=O) groups excluding carboxylic acids is 1. The molecule has 0 aromatic carbocycles. The van der Waals surface area contributed by atoms with Crippen LogP contribution in [0.25, 0.3) is 5.65 Å². The van der Waals surface area contributed by atoms with Crippen LogP contribution < -0.4 is 11.3 Å². The highest BCUT2D eigenvalue weighted by Gasteiger charge is 2.49. The van der Waals surface area contributed by atoms with E-state index in [1.807, 2.05) is 22.9 Å². The first-order valence-electron chi connectivity index (χ1n) is 6.20. The maximum atomic E-state index is 12.1. The number of halogens is 1. The average molecular weight is 279 g/mol. The Bertz CT molecular complexity index is 645. The normalized spacial score (nSPS) is 26.2. The summed E-state index contributed by atoms with van der Waals surface area (Å²) in [7, 11) is 0. The molecule has 2 heterocycles. The summed E-state index contributed by atoms with van der Waals surface area (Å²) in [4.78, 5) is 16.3. The van der Waals surface area contributed by atoms with Crippen LogP contribution in [0.1, 0.15) is 25.3 Å². The van der Waals surface area contributed by atoms with Crippen molar-refractivity contribution in [3.05, 3.63) is 35.2 Å². The number of hydrogen-bond donors (Lipinski definition) is 2. The number of nitrogens with one attached hydrogen (secondary N) is 1. The van der Waals surface area contributed by atoms with Crippen LogP contribution in [0.15, 0.2) is 24.7 Å². The molecule has 1 aliphatic carbocycles. The number of nitrogens with two attached hydrogens (primary N) is 1. The van der Waals surface area contributed by atoms with Crippen molar-refractivity contribution in [3.8, 4) is 0 Å². The van der Waals surface area contributed by atoms with Gasteiger partial charge >= 0.3 is 0 Å². The minimum Gasteiger partial charge on any atom is -0.306 e. The third-order valence-corrected chi connectivity index (χ3v) is 4.23. The van der Waals surface area contributed by atoms with E-state index in [1.165, 1.54) is 0 Å². The highest BCUT2D eigenvalue weighted by atomic mass is 35.5. The van der Waals surface area contributed by atoms with Gasteiger partial charge in [0.05, 0.1) is 10.4 Å². The molecule has 1 fully saturated rings. The lowest BCUT2D eigenvalue weighted by atomic mass is 9.59. The molecule has 1 saturated carbocycles. The summed E-state index contributed by atoms with van der Waals surface area (Å²) in [6, 6.07) is 1.82. The topological polar surface area (TPSA) is 72.4 Å². The fraction of sp³-hybridized carbons (Fsp3) is 0.385. The molecule has 19 heavy (non-hydrogen) atoms.